The monoisotopic (exact) mass is 245 g/mol. The third-order valence-electron chi connectivity index (χ3n) is 3.06. The van der Waals surface area contributed by atoms with E-state index in [4.69, 9.17) is 0 Å². The second-order valence-corrected chi connectivity index (χ2v) is 5.02. The number of nitrogens with zero attached hydrogens (tertiary/aromatic N) is 2. The summed E-state index contributed by atoms with van der Waals surface area (Å²) >= 11 is 0. The highest BCUT2D eigenvalue weighted by molar-refractivity contribution is 5.51. The molecule has 0 aliphatic heterocycles. The zero-order valence-electron chi connectivity index (χ0n) is 11.0. The quantitative estimate of drug-likeness (QED) is 0.870. The van der Waals surface area contributed by atoms with Crippen molar-refractivity contribution in [3.8, 4) is 5.69 Å². The molecular weight excluding hydrogens is 226 g/mol. The zero-order chi connectivity index (χ0) is 13.2. The Hall–Kier alpha value is -1.81. The Labute approximate surface area is 107 Å². The number of hydrogen-bond donors (Lipinski definition) is 2. The van der Waals surface area contributed by atoms with E-state index in [1.54, 1.807) is 24.7 Å². The van der Waals surface area contributed by atoms with Gasteiger partial charge in [-0.1, -0.05) is 6.07 Å². The van der Waals surface area contributed by atoms with Gasteiger partial charge in [0.05, 0.1) is 17.3 Å². The molecule has 1 aromatic heterocycles. The summed E-state index contributed by atoms with van der Waals surface area (Å²) in [6.07, 6.45) is 3.65. The number of hydrogen-bond acceptors (Lipinski definition) is 3. The lowest BCUT2D eigenvalue weighted by Crippen LogP contribution is -2.39. The Morgan fingerprint density at radius 3 is 2.72 bits per heavy atom. The summed E-state index contributed by atoms with van der Waals surface area (Å²) in [4.78, 5) is 0. The molecule has 0 aliphatic rings. The molecule has 0 radical (unpaired) electrons. The van der Waals surface area contributed by atoms with Gasteiger partial charge in [0.2, 0.25) is 0 Å². The molecule has 4 heteroatoms. The number of anilines is 1. The largest absolute Gasteiger partial charge is 0.388 e. The lowest BCUT2D eigenvalue weighted by atomic mass is 10.0. The normalized spacial score (nSPS) is 13.3. The van der Waals surface area contributed by atoms with Crippen LogP contribution in [0.25, 0.3) is 5.69 Å². The Balaban J connectivity index is 2.18. The maximum absolute atomic E-state index is 9.92. The topological polar surface area (TPSA) is 50.1 Å². The van der Waals surface area contributed by atoms with Gasteiger partial charge in [0.1, 0.15) is 0 Å². The molecule has 1 heterocycles. The zero-order valence-corrected chi connectivity index (χ0v) is 11.0. The van der Waals surface area contributed by atoms with Crippen LogP contribution in [-0.4, -0.2) is 26.5 Å². The first-order chi connectivity index (χ1) is 8.47. The molecule has 0 spiro atoms. The van der Waals surface area contributed by atoms with Crippen LogP contribution in [0.3, 0.4) is 0 Å². The highest BCUT2D eigenvalue weighted by atomic mass is 16.3. The molecule has 2 rings (SSSR count). The summed E-state index contributed by atoms with van der Waals surface area (Å²) in [5.41, 5.74) is 1.20. The Morgan fingerprint density at radius 1 is 1.33 bits per heavy atom. The SMILES string of the molecule is CC(Nc1cccc(-n2cccn2)c1)C(C)(C)O. The highest BCUT2D eigenvalue weighted by Gasteiger charge is 2.21. The summed E-state index contributed by atoms with van der Waals surface area (Å²) in [5.74, 6) is 0. The standard InChI is InChI=1S/C14H19N3O/c1-11(14(2,3)18)16-12-6-4-7-13(10-12)17-9-5-8-15-17/h4-11,16,18H,1-3H3. The highest BCUT2D eigenvalue weighted by Crippen LogP contribution is 2.18. The van der Waals surface area contributed by atoms with Crippen molar-refractivity contribution in [2.45, 2.75) is 32.4 Å². The first-order valence-electron chi connectivity index (χ1n) is 6.06. The summed E-state index contributed by atoms with van der Waals surface area (Å²) in [5, 5.41) is 17.4. The van der Waals surface area contributed by atoms with Crippen LogP contribution in [0.5, 0.6) is 0 Å². The predicted octanol–water partition coefficient (Wildman–Crippen LogP) is 2.44. The molecule has 2 aromatic rings. The third-order valence-corrected chi connectivity index (χ3v) is 3.06. The maximum atomic E-state index is 9.92. The molecule has 0 amide bonds. The van der Waals surface area contributed by atoms with E-state index in [2.05, 4.69) is 10.4 Å². The van der Waals surface area contributed by atoms with E-state index in [0.717, 1.165) is 11.4 Å². The van der Waals surface area contributed by atoms with Crippen LogP contribution in [0.4, 0.5) is 5.69 Å². The predicted molar refractivity (Wildman–Crippen MR) is 72.9 cm³/mol. The van der Waals surface area contributed by atoms with Gasteiger partial charge in [0.15, 0.2) is 0 Å². The fourth-order valence-corrected chi connectivity index (χ4v) is 1.59. The van der Waals surface area contributed by atoms with Gasteiger partial charge < -0.3 is 10.4 Å². The first kappa shape index (κ1) is 12.6. The van der Waals surface area contributed by atoms with Gasteiger partial charge in [-0.3, -0.25) is 0 Å². The molecule has 1 atom stereocenters. The van der Waals surface area contributed by atoms with Gasteiger partial charge in [0.25, 0.3) is 0 Å². The fraction of sp³-hybridized carbons (Fsp3) is 0.357. The van der Waals surface area contributed by atoms with Gasteiger partial charge in [-0.25, -0.2) is 4.68 Å². The molecule has 18 heavy (non-hydrogen) atoms. The minimum atomic E-state index is -0.762. The van der Waals surface area contributed by atoms with E-state index in [1.807, 2.05) is 43.5 Å². The Bertz CT molecular complexity index is 500. The molecule has 0 bridgehead atoms. The molecule has 96 valence electrons. The molecule has 1 aromatic carbocycles. The van der Waals surface area contributed by atoms with Crippen molar-refractivity contribution in [1.29, 1.82) is 0 Å². The molecule has 2 N–H and O–H groups in total. The van der Waals surface area contributed by atoms with Crippen molar-refractivity contribution >= 4 is 5.69 Å². The van der Waals surface area contributed by atoms with E-state index < -0.39 is 5.60 Å². The van der Waals surface area contributed by atoms with E-state index in [0.29, 0.717) is 0 Å². The Kier molecular flexibility index (Phi) is 3.39. The first-order valence-corrected chi connectivity index (χ1v) is 6.06. The smallest absolute Gasteiger partial charge is 0.0789 e. The molecule has 0 saturated carbocycles. The number of aromatic nitrogens is 2. The number of nitrogens with one attached hydrogen (secondary N) is 1. The average Bonchev–Trinajstić information content (AvgIpc) is 2.81. The van der Waals surface area contributed by atoms with Gasteiger partial charge in [-0.15, -0.1) is 0 Å². The van der Waals surface area contributed by atoms with Gasteiger partial charge in [0, 0.05) is 18.1 Å². The van der Waals surface area contributed by atoms with Crippen LogP contribution in [0.15, 0.2) is 42.7 Å². The van der Waals surface area contributed by atoms with Crippen molar-refractivity contribution in [2.75, 3.05) is 5.32 Å². The summed E-state index contributed by atoms with van der Waals surface area (Å²) in [7, 11) is 0. The van der Waals surface area contributed by atoms with E-state index >= 15 is 0 Å². The van der Waals surface area contributed by atoms with E-state index in [-0.39, 0.29) is 6.04 Å². The minimum Gasteiger partial charge on any atom is -0.388 e. The fourth-order valence-electron chi connectivity index (χ4n) is 1.59. The average molecular weight is 245 g/mol. The summed E-state index contributed by atoms with van der Waals surface area (Å²) in [6.45, 7) is 5.55. The van der Waals surface area contributed by atoms with Crippen molar-refractivity contribution in [2.24, 2.45) is 0 Å². The number of rotatable bonds is 4. The minimum absolute atomic E-state index is 0.0367. The molecule has 1 unspecified atom stereocenters. The van der Waals surface area contributed by atoms with Crippen molar-refractivity contribution in [3.05, 3.63) is 42.7 Å². The molecule has 0 fully saturated rings. The van der Waals surface area contributed by atoms with Crippen LogP contribution in [-0.2, 0) is 0 Å². The van der Waals surface area contributed by atoms with Crippen LogP contribution in [0, 0.1) is 0 Å². The van der Waals surface area contributed by atoms with E-state index in [1.165, 1.54) is 0 Å². The van der Waals surface area contributed by atoms with Crippen molar-refractivity contribution < 1.29 is 5.11 Å². The molecule has 0 saturated heterocycles. The second-order valence-electron chi connectivity index (χ2n) is 5.02. The van der Waals surface area contributed by atoms with Crippen LogP contribution >= 0.6 is 0 Å². The van der Waals surface area contributed by atoms with E-state index in [9.17, 15) is 5.11 Å². The number of aliphatic hydroxyl groups is 1. The van der Waals surface area contributed by atoms with Gasteiger partial charge in [-0.2, -0.15) is 5.10 Å². The van der Waals surface area contributed by atoms with Gasteiger partial charge in [-0.05, 0) is 45.0 Å². The third kappa shape index (κ3) is 2.90. The van der Waals surface area contributed by atoms with Gasteiger partial charge >= 0.3 is 0 Å². The van der Waals surface area contributed by atoms with Crippen LogP contribution in [0.1, 0.15) is 20.8 Å². The lowest BCUT2D eigenvalue weighted by Gasteiger charge is -2.27. The molecular formula is C14H19N3O. The van der Waals surface area contributed by atoms with Crippen LogP contribution in [0.2, 0.25) is 0 Å². The Morgan fingerprint density at radius 2 is 2.11 bits per heavy atom. The van der Waals surface area contributed by atoms with Crippen molar-refractivity contribution in [3.63, 3.8) is 0 Å². The maximum Gasteiger partial charge on any atom is 0.0789 e. The number of benzene rings is 1. The molecule has 4 nitrogen and oxygen atoms in total. The second kappa shape index (κ2) is 4.82. The van der Waals surface area contributed by atoms with Crippen LogP contribution < -0.4 is 5.32 Å². The summed E-state index contributed by atoms with van der Waals surface area (Å²) in [6, 6.07) is 9.80. The van der Waals surface area contributed by atoms with Crippen molar-refractivity contribution in [1.82, 2.24) is 9.78 Å². The lowest BCUT2D eigenvalue weighted by molar-refractivity contribution is 0.0649. The summed E-state index contributed by atoms with van der Waals surface area (Å²) < 4.78 is 1.81. The molecule has 0 aliphatic carbocycles.